The molecule has 2 aromatic carbocycles. The van der Waals surface area contributed by atoms with Gasteiger partial charge in [-0.3, -0.25) is 4.79 Å². The summed E-state index contributed by atoms with van der Waals surface area (Å²) in [6, 6.07) is 15.5. The van der Waals surface area contributed by atoms with Crippen LogP contribution in [0.3, 0.4) is 0 Å². The van der Waals surface area contributed by atoms with Gasteiger partial charge < -0.3 is 14.4 Å². The molecule has 0 atom stereocenters. The Morgan fingerprint density at radius 3 is 2.47 bits per heavy atom. The molecule has 0 bridgehead atoms. The van der Waals surface area contributed by atoms with Crippen LogP contribution in [0.2, 0.25) is 0 Å². The lowest BCUT2D eigenvalue weighted by Gasteiger charge is -2.31. The molecule has 156 valence electrons. The summed E-state index contributed by atoms with van der Waals surface area (Å²) in [5.74, 6) is 2.12. The summed E-state index contributed by atoms with van der Waals surface area (Å²) >= 11 is 1.62. The van der Waals surface area contributed by atoms with Crippen molar-refractivity contribution in [1.29, 1.82) is 0 Å². The molecule has 3 aromatic rings. The summed E-state index contributed by atoms with van der Waals surface area (Å²) in [5.41, 5.74) is 1.98. The van der Waals surface area contributed by atoms with E-state index in [1.165, 1.54) is 0 Å². The number of likely N-dealkylation sites (tertiary alicyclic amines) is 1. The lowest BCUT2D eigenvalue weighted by atomic mass is 9.97. The number of hydrogen-bond acceptors (Lipinski definition) is 6. The first kappa shape index (κ1) is 20.3. The minimum absolute atomic E-state index is 0.172. The first-order chi connectivity index (χ1) is 14.7. The van der Waals surface area contributed by atoms with Crippen LogP contribution in [0.5, 0.6) is 11.5 Å². The Kier molecular flexibility index (Phi) is 6.28. The zero-order chi connectivity index (χ0) is 20.9. The van der Waals surface area contributed by atoms with E-state index in [4.69, 9.17) is 9.47 Å². The highest BCUT2D eigenvalue weighted by Gasteiger charge is 2.26. The van der Waals surface area contributed by atoms with Gasteiger partial charge in [0.15, 0.2) is 5.01 Å². The lowest BCUT2D eigenvalue weighted by molar-refractivity contribution is -0.131. The van der Waals surface area contributed by atoms with Crippen molar-refractivity contribution in [2.75, 3.05) is 27.3 Å². The van der Waals surface area contributed by atoms with Crippen LogP contribution in [0.15, 0.2) is 48.5 Å². The summed E-state index contributed by atoms with van der Waals surface area (Å²) in [5, 5.41) is 10.8. The van der Waals surface area contributed by atoms with E-state index in [1.807, 2.05) is 53.4 Å². The Balaban J connectivity index is 1.35. The molecule has 0 radical (unpaired) electrons. The third-order valence-electron chi connectivity index (χ3n) is 5.49. The van der Waals surface area contributed by atoms with Gasteiger partial charge in [0.1, 0.15) is 16.5 Å². The first-order valence-electron chi connectivity index (χ1n) is 10.1. The maximum atomic E-state index is 12.7. The smallest absolute Gasteiger partial charge is 0.226 e. The van der Waals surface area contributed by atoms with E-state index < -0.39 is 0 Å². The van der Waals surface area contributed by atoms with Crippen molar-refractivity contribution >= 4 is 17.2 Å². The van der Waals surface area contributed by atoms with Gasteiger partial charge in [0, 0.05) is 19.0 Å². The number of para-hydroxylation sites is 1. The van der Waals surface area contributed by atoms with Crippen LogP contribution in [-0.2, 0) is 11.2 Å². The van der Waals surface area contributed by atoms with E-state index in [1.54, 1.807) is 25.6 Å². The maximum Gasteiger partial charge on any atom is 0.226 e. The monoisotopic (exact) mass is 423 g/mol. The molecule has 0 unspecified atom stereocenters. The molecule has 1 aliphatic rings. The predicted octanol–water partition coefficient (Wildman–Crippen LogP) is 4.17. The van der Waals surface area contributed by atoms with Crippen LogP contribution >= 0.6 is 11.3 Å². The Bertz CT molecular complexity index is 995. The van der Waals surface area contributed by atoms with Crippen molar-refractivity contribution < 1.29 is 14.3 Å². The van der Waals surface area contributed by atoms with Crippen molar-refractivity contribution in [2.24, 2.45) is 0 Å². The van der Waals surface area contributed by atoms with Gasteiger partial charge in [-0.15, -0.1) is 10.2 Å². The number of nitrogens with zero attached hydrogens (tertiary/aromatic N) is 3. The van der Waals surface area contributed by atoms with E-state index in [0.29, 0.717) is 12.3 Å². The topological polar surface area (TPSA) is 64.5 Å². The molecular formula is C23H25N3O3S. The SMILES string of the molecule is COc1ccc(CC(=O)N2CCC(c3nnc(-c4ccccc4OC)s3)CC2)cc1. The van der Waals surface area contributed by atoms with Gasteiger partial charge in [-0.1, -0.05) is 35.6 Å². The fraction of sp³-hybridized carbons (Fsp3) is 0.348. The fourth-order valence-corrected chi connectivity index (χ4v) is 4.78. The van der Waals surface area contributed by atoms with Crippen molar-refractivity contribution in [3.63, 3.8) is 0 Å². The Labute approximate surface area is 180 Å². The van der Waals surface area contributed by atoms with Crippen LogP contribution in [0.1, 0.15) is 29.3 Å². The molecule has 4 rings (SSSR count). The first-order valence-corrected chi connectivity index (χ1v) is 10.9. The van der Waals surface area contributed by atoms with Crippen LogP contribution in [0, 0.1) is 0 Å². The molecule has 6 nitrogen and oxygen atoms in total. The highest BCUT2D eigenvalue weighted by Crippen LogP contribution is 2.36. The third kappa shape index (κ3) is 4.46. The van der Waals surface area contributed by atoms with E-state index in [9.17, 15) is 4.79 Å². The van der Waals surface area contributed by atoms with Crippen LogP contribution in [0.25, 0.3) is 10.6 Å². The largest absolute Gasteiger partial charge is 0.497 e. The lowest BCUT2D eigenvalue weighted by Crippen LogP contribution is -2.38. The van der Waals surface area contributed by atoms with Crippen molar-refractivity contribution in [3.05, 3.63) is 59.1 Å². The molecule has 0 N–H and O–H groups in total. The molecule has 0 saturated carbocycles. The minimum atomic E-state index is 0.172. The van der Waals surface area contributed by atoms with Crippen molar-refractivity contribution in [3.8, 4) is 22.1 Å². The second kappa shape index (κ2) is 9.26. The Morgan fingerprint density at radius 2 is 1.77 bits per heavy atom. The molecule has 7 heteroatoms. The summed E-state index contributed by atoms with van der Waals surface area (Å²) < 4.78 is 10.6. The summed E-state index contributed by atoms with van der Waals surface area (Å²) in [6.45, 7) is 1.51. The van der Waals surface area contributed by atoms with E-state index >= 15 is 0 Å². The highest BCUT2D eigenvalue weighted by molar-refractivity contribution is 7.14. The second-order valence-electron chi connectivity index (χ2n) is 7.33. The number of carbonyl (C=O) groups is 1. The summed E-state index contributed by atoms with van der Waals surface area (Å²) in [7, 11) is 3.31. The van der Waals surface area contributed by atoms with E-state index in [-0.39, 0.29) is 5.91 Å². The van der Waals surface area contributed by atoms with Gasteiger partial charge in [-0.2, -0.15) is 0 Å². The van der Waals surface area contributed by atoms with Gasteiger partial charge in [-0.25, -0.2) is 0 Å². The number of ether oxygens (including phenoxy) is 2. The molecule has 1 fully saturated rings. The van der Waals surface area contributed by atoms with Gasteiger partial charge in [-0.05, 0) is 42.7 Å². The Hall–Kier alpha value is -2.93. The summed E-state index contributed by atoms with van der Waals surface area (Å²) in [4.78, 5) is 14.6. The number of carbonyl (C=O) groups excluding carboxylic acids is 1. The average Bonchev–Trinajstić information content (AvgIpc) is 3.30. The molecule has 30 heavy (non-hydrogen) atoms. The normalized spacial score (nSPS) is 14.5. The minimum Gasteiger partial charge on any atom is -0.497 e. The summed E-state index contributed by atoms with van der Waals surface area (Å²) in [6.07, 6.45) is 2.25. The number of methoxy groups -OCH3 is 2. The second-order valence-corrected chi connectivity index (χ2v) is 8.33. The zero-order valence-electron chi connectivity index (χ0n) is 17.2. The van der Waals surface area contributed by atoms with Crippen LogP contribution in [-0.4, -0.2) is 48.3 Å². The average molecular weight is 424 g/mol. The molecule has 1 saturated heterocycles. The predicted molar refractivity (Wildman–Crippen MR) is 117 cm³/mol. The highest BCUT2D eigenvalue weighted by atomic mass is 32.1. The van der Waals surface area contributed by atoms with Gasteiger partial charge in [0.05, 0.1) is 26.2 Å². The van der Waals surface area contributed by atoms with E-state index in [2.05, 4.69) is 10.2 Å². The van der Waals surface area contributed by atoms with Crippen molar-refractivity contribution in [1.82, 2.24) is 15.1 Å². The quantitative estimate of drug-likeness (QED) is 0.595. The molecule has 1 amide bonds. The zero-order valence-corrected chi connectivity index (χ0v) is 18.0. The number of aromatic nitrogens is 2. The van der Waals surface area contributed by atoms with Gasteiger partial charge >= 0.3 is 0 Å². The Morgan fingerprint density at radius 1 is 1.03 bits per heavy atom. The number of piperidine rings is 1. The molecule has 1 aliphatic heterocycles. The van der Waals surface area contributed by atoms with Gasteiger partial charge in [0.25, 0.3) is 0 Å². The molecular weight excluding hydrogens is 398 g/mol. The molecule has 1 aromatic heterocycles. The standard InChI is InChI=1S/C23H25N3O3S/c1-28-18-9-7-16(8-10-18)15-21(27)26-13-11-17(12-14-26)22-24-25-23(30-22)19-5-3-4-6-20(19)29-2/h3-10,17H,11-15H2,1-2H3. The molecule has 0 spiro atoms. The number of benzene rings is 2. The van der Waals surface area contributed by atoms with Gasteiger partial charge in [0.2, 0.25) is 5.91 Å². The van der Waals surface area contributed by atoms with Crippen LogP contribution < -0.4 is 9.47 Å². The molecule has 2 heterocycles. The van der Waals surface area contributed by atoms with E-state index in [0.717, 1.165) is 58.6 Å². The fourth-order valence-electron chi connectivity index (χ4n) is 3.74. The number of rotatable bonds is 6. The van der Waals surface area contributed by atoms with Crippen LogP contribution in [0.4, 0.5) is 0 Å². The number of hydrogen-bond donors (Lipinski definition) is 0. The van der Waals surface area contributed by atoms with Crippen molar-refractivity contribution in [2.45, 2.75) is 25.2 Å². The number of amides is 1. The maximum absolute atomic E-state index is 12.7. The molecule has 0 aliphatic carbocycles. The third-order valence-corrected chi connectivity index (χ3v) is 6.61.